The van der Waals surface area contributed by atoms with Crippen molar-refractivity contribution in [2.75, 3.05) is 20.5 Å². The third-order valence-corrected chi connectivity index (χ3v) is 1.01. The highest BCUT2D eigenvalue weighted by atomic mass is 16.7. The highest BCUT2D eigenvalue weighted by Crippen LogP contribution is 1.94. The van der Waals surface area contributed by atoms with Crippen LogP contribution in [0.4, 0.5) is 0 Å². The number of hydrogen-bond acceptors (Lipinski definition) is 3. The first-order chi connectivity index (χ1) is 4.31. The molecule has 0 saturated heterocycles. The van der Waals surface area contributed by atoms with Crippen molar-refractivity contribution in [1.29, 1.82) is 0 Å². The maximum atomic E-state index is 8.42. The maximum Gasteiger partial charge on any atom is 0.146 e. The molecule has 0 aromatic rings. The Morgan fingerprint density at radius 2 is 2.22 bits per heavy atom. The SMILES string of the molecule is COCO[C@H](C)CCO. The Balaban J connectivity index is 2.95. The lowest BCUT2D eigenvalue weighted by molar-refractivity contribution is -0.0706. The van der Waals surface area contributed by atoms with E-state index >= 15 is 0 Å². The summed E-state index contributed by atoms with van der Waals surface area (Å²) in [6.07, 6.45) is 0.763. The monoisotopic (exact) mass is 134 g/mol. The van der Waals surface area contributed by atoms with E-state index in [0.29, 0.717) is 13.2 Å². The van der Waals surface area contributed by atoms with E-state index in [9.17, 15) is 0 Å². The standard InChI is InChI=1S/C6H14O3/c1-6(3-4-7)9-5-8-2/h6-7H,3-5H2,1-2H3/t6-/m1/s1. The lowest BCUT2D eigenvalue weighted by atomic mass is 10.3. The van der Waals surface area contributed by atoms with Crippen LogP contribution in [0.2, 0.25) is 0 Å². The number of aliphatic hydroxyl groups is 1. The lowest BCUT2D eigenvalue weighted by Gasteiger charge is -2.09. The molecule has 0 aliphatic carbocycles. The summed E-state index contributed by atoms with van der Waals surface area (Å²) in [6, 6.07) is 0. The van der Waals surface area contributed by atoms with Crippen LogP contribution in [0.25, 0.3) is 0 Å². The summed E-state index contributed by atoms with van der Waals surface area (Å²) >= 11 is 0. The van der Waals surface area contributed by atoms with E-state index in [0.717, 1.165) is 0 Å². The summed E-state index contributed by atoms with van der Waals surface area (Å²) in [5.74, 6) is 0. The van der Waals surface area contributed by atoms with Crippen molar-refractivity contribution in [2.45, 2.75) is 19.4 Å². The van der Waals surface area contributed by atoms with Gasteiger partial charge in [0, 0.05) is 13.7 Å². The third-order valence-electron chi connectivity index (χ3n) is 1.01. The molecule has 1 atom stereocenters. The summed E-state index contributed by atoms with van der Waals surface area (Å²) in [5.41, 5.74) is 0. The topological polar surface area (TPSA) is 38.7 Å². The number of aliphatic hydroxyl groups excluding tert-OH is 1. The molecule has 9 heavy (non-hydrogen) atoms. The highest BCUT2D eigenvalue weighted by Gasteiger charge is 1.98. The summed E-state index contributed by atoms with van der Waals surface area (Å²) in [4.78, 5) is 0. The van der Waals surface area contributed by atoms with Crippen molar-refractivity contribution in [2.24, 2.45) is 0 Å². The van der Waals surface area contributed by atoms with Gasteiger partial charge >= 0.3 is 0 Å². The molecule has 0 aliphatic heterocycles. The average Bonchev–Trinajstić information content (AvgIpc) is 1.85. The van der Waals surface area contributed by atoms with E-state index < -0.39 is 0 Å². The van der Waals surface area contributed by atoms with Crippen LogP contribution in [0.3, 0.4) is 0 Å². The molecule has 0 spiro atoms. The minimum Gasteiger partial charge on any atom is -0.396 e. The van der Waals surface area contributed by atoms with Gasteiger partial charge in [-0.3, -0.25) is 0 Å². The second kappa shape index (κ2) is 6.01. The van der Waals surface area contributed by atoms with Crippen molar-refractivity contribution < 1.29 is 14.6 Å². The molecule has 1 N–H and O–H groups in total. The van der Waals surface area contributed by atoms with Gasteiger partial charge in [-0.15, -0.1) is 0 Å². The van der Waals surface area contributed by atoms with Crippen molar-refractivity contribution in [1.82, 2.24) is 0 Å². The van der Waals surface area contributed by atoms with Crippen LogP contribution in [0.5, 0.6) is 0 Å². The maximum absolute atomic E-state index is 8.42. The minimum atomic E-state index is 0.0925. The van der Waals surface area contributed by atoms with Gasteiger partial charge < -0.3 is 14.6 Å². The van der Waals surface area contributed by atoms with Gasteiger partial charge in [-0.05, 0) is 13.3 Å². The molecular formula is C6H14O3. The Hall–Kier alpha value is -0.120. The summed E-state index contributed by atoms with van der Waals surface area (Å²) in [7, 11) is 1.58. The molecule has 0 fully saturated rings. The molecule has 3 heteroatoms. The van der Waals surface area contributed by atoms with E-state index in [-0.39, 0.29) is 12.7 Å². The second-order valence-corrected chi connectivity index (χ2v) is 1.90. The summed E-state index contributed by atoms with van der Waals surface area (Å²) < 4.78 is 9.70. The first-order valence-corrected chi connectivity index (χ1v) is 3.02. The van der Waals surface area contributed by atoms with Crippen LogP contribution in [0.15, 0.2) is 0 Å². The zero-order chi connectivity index (χ0) is 7.11. The first kappa shape index (κ1) is 8.88. The van der Waals surface area contributed by atoms with Gasteiger partial charge in [0.05, 0.1) is 6.10 Å². The Bertz CT molecular complexity index is 56.3. The molecule has 0 radical (unpaired) electrons. The molecule has 0 aliphatic rings. The van der Waals surface area contributed by atoms with E-state index in [4.69, 9.17) is 9.84 Å². The van der Waals surface area contributed by atoms with Crippen molar-refractivity contribution in [3.05, 3.63) is 0 Å². The van der Waals surface area contributed by atoms with Crippen LogP contribution in [0.1, 0.15) is 13.3 Å². The van der Waals surface area contributed by atoms with E-state index in [2.05, 4.69) is 4.74 Å². The van der Waals surface area contributed by atoms with E-state index in [1.54, 1.807) is 7.11 Å². The van der Waals surface area contributed by atoms with Gasteiger partial charge in [-0.2, -0.15) is 0 Å². The molecule has 56 valence electrons. The molecule has 3 nitrogen and oxygen atoms in total. The average molecular weight is 134 g/mol. The molecule has 0 unspecified atom stereocenters. The fourth-order valence-electron chi connectivity index (χ4n) is 0.449. The predicted octanol–water partition coefficient (Wildman–Crippen LogP) is 0.378. The third kappa shape index (κ3) is 5.76. The van der Waals surface area contributed by atoms with Crippen molar-refractivity contribution in [3.8, 4) is 0 Å². The zero-order valence-corrected chi connectivity index (χ0v) is 5.96. The summed E-state index contributed by atoms with van der Waals surface area (Å²) in [5, 5.41) is 8.42. The van der Waals surface area contributed by atoms with Gasteiger partial charge in [0.15, 0.2) is 0 Å². The minimum absolute atomic E-state index is 0.0925. The lowest BCUT2D eigenvalue weighted by Crippen LogP contribution is -2.11. The summed E-state index contributed by atoms with van der Waals surface area (Å²) in [6.45, 7) is 2.38. The molecule has 0 rings (SSSR count). The Morgan fingerprint density at radius 3 is 2.67 bits per heavy atom. The smallest absolute Gasteiger partial charge is 0.146 e. The number of ether oxygens (including phenoxy) is 2. The van der Waals surface area contributed by atoms with Crippen LogP contribution in [-0.4, -0.2) is 31.7 Å². The highest BCUT2D eigenvalue weighted by molar-refractivity contribution is 4.45. The number of methoxy groups -OCH3 is 1. The predicted molar refractivity (Wildman–Crippen MR) is 34.1 cm³/mol. The van der Waals surface area contributed by atoms with Gasteiger partial charge in [0.1, 0.15) is 6.79 Å². The fourth-order valence-corrected chi connectivity index (χ4v) is 0.449. The van der Waals surface area contributed by atoms with Crippen molar-refractivity contribution >= 4 is 0 Å². The zero-order valence-electron chi connectivity index (χ0n) is 5.96. The number of rotatable bonds is 5. The Labute approximate surface area is 55.6 Å². The quantitative estimate of drug-likeness (QED) is 0.552. The fraction of sp³-hybridized carbons (Fsp3) is 1.00. The second-order valence-electron chi connectivity index (χ2n) is 1.90. The first-order valence-electron chi connectivity index (χ1n) is 3.02. The molecular weight excluding hydrogens is 120 g/mol. The van der Waals surface area contributed by atoms with Gasteiger partial charge in [0.2, 0.25) is 0 Å². The van der Waals surface area contributed by atoms with Gasteiger partial charge in [-0.1, -0.05) is 0 Å². The number of hydrogen-bond donors (Lipinski definition) is 1. The molecule has 0 aromatic heterocycles. The molecule has 0 bridgehead atoms. The molecule has 0 amide bonds. The van der Waals surface area contributed by atoms with Crippen LogP contribution >= 0.6 is 0 Å². The van der Waals surface area contributed by atoms with Crippen molar-refractivity contribution in [3.63, 3.8) is 0 Å². The van der Waals surface area contributed by atoms with Gasteiger partial charge in [-0.25, -0.2) is 0 Å². The largest absolute Gasteiger partial charge is 0.396 e. The molecule has 0 heterocycles. The van der Waals surface area contributed by atoms with E-state index in [1.807, 2.05) is 6.92 Å². The van der Waals surface area contributed by atoms with E-state index in [1.165, 1.54) is 0 Å². The van der Waals surface area contributed by atoms with Gasteiger partial charge in [0.25, 0.3) is 0 Å². The Kier molecular flexibility index (Phi) is 5.93. The van der Waals surface area contributed by atoms with Crippen LogP contribution in [-0.2, 0) is 9.47 Å². The Morgan fingerprint density at radius 1 is 1.56 bits per heavy atom. The molecule has 0 aromatic carbocycles. The molecule has 0 saturated carbocycles. The van der Waals surface area contributed by atoms with Crippen LogP contribution < -0.4 is 0 Å². The normalized spacial score (nSPS) is 13.7. The van der Waals surface area contributed by atoms with Crippen LogP contribution in [0, 0.1) is 0 Å².